The van der Waals surface area contributed by atoms with Gasteiger partial charge in [-0.15, -0.1) is 0 Å². The molecule has 56 heavy (non-hydrogen) atoms. The van der Waals surface area contributed by atoms with Gasteiger partial charge in [0.25, 0.3) is 0 Å². The lowest BCUT2D eigenvalue weighted by atomic mass is 9.81. The molecule has 13 rings (SSSR count). The molecule has 0 radical (unpaired) electrons. The van der Waals surface area contributed by atoms with Crippen LogP contribution in [0.25, 0.3) is 88.1 Å². The van der Waals surface area contributed by atoms with Gasteiger partial charge in [-0.25, -0.2) is 0 Å². The van der Waals surface area contributed by atoms with E-state index < -0.39 is 0 Å². The number of hydrogen-bond acceptors (Lipinski definition) is 3. The molecule has 0 saturated heterocycles. The highest BCUT2D eigenvalue weighted by Gasteiger charge is 2.39. The summed E-state index contributed by atoms with van der Waals surface area (Å²) in [5, 5.41) is 7.33. The molecule has 0 unspecified atom stereocenters. The third-order valence-electron chi connectivity index (χ3n) is 12.3. The van der Waals surface area contributed by atoms with Gasteiger partial charge in [0.1, 0.15) is 11.2 Å². The summed E-state index contributed by atoms with van der Waals surface area (Å²) >= 11 is 3.80. The molecule has 3 aromatic heterocycles. The Labute approximate surface area is 331 Å². The molecule has 0 saturated carbocycles. The van der Waals surface area contributed by atoms with Gasteiger partial charge in [0, 0.05) is 63.8 Å². The van der Waals surface area contributed by atoms with Gasteiger partial charge >= 0.3 is 0 Å². The fourth-order valence-electron chi connectivity index (χ4n) is 9.92. The minimum atomic E-state index is -0.178. The average molecular weight is 753 g/mol. The van der Waals surface area contributed by atoms with Crippen LogP contribution in [0.15, 0.2) is 182 Å². The Bertz CT molecular complexity index is 3530. The van der Waals surface area contributed by atoms with E-state index in [1.54, 1.807) is 0 Å². The highest BCUT2D eigenvalue weighted by Crippen LogP contribution is 2.56. The quantitative estimate of drug-likeness (QED) is 0.176. The van der Waals surface area contributed by atoms with Crippen molar-refractivity contribution in [1.82, 2.24) is 9.13 Å². The molecule has 11 aromatic rings. The largest absolute Gasteiger partial charge is 0.456 e. The zero-order valence-corrected chi connectivity index (χ0v) is 32.3. The van der Waals surface area contributed by atoms with Gasteiger partial charge in [-0.1, -0.05) is 128 Å². The first-order chi connectivity index (χ1) is 27.5. The lowest BCUT2D eigenvalue weighted by molar-refractivity contribution is 0.664. The molecule has 8 aromatic carbocycles. The maximum absolute atomic E-state index is 6.24. The van der Waals surface area contributed by atoms with Crippen molar-refractivity contribution in [1.29, 1.82) is 0 Å². The van der Waals surface area contributed by atoms with E-state index in [-0.39, 0.29) is 5.41 Å². The SMILES string of the molecule is CC1(C)c2ccccc2-c2ccc3c4ccc5c(c4n(-c4ccc6c(c4)c4ccccc4n6-c4ccc6oc7ccccc7c6c4)c3c21)Sc1ccccc1S5. The normalized spacial score (nSPS) is 14.2. The molecule has 5 heteroatoms. The maximum Gasteiger partial charge on any atom is 0.135 e. The van der Waals surface area contributed by atoms with Gasteiger partial charge in [0.05, 0.1) is 27.0 Å². The van der Waals surface area contributed by atoms with E-state index in [2.05, 4.69) is 169 Å². The van der Waals surface area contributed by atoms with Crippen molar-refractivity contribution in [2.24, 2.45) is 0 Å². The fourth-order valence-corrected chi connectivity index (χ4v) is 12.3. The second-order valence-electron chi connectivity index (χ2n) is 15.7. The fraction of sp³-hybridized carbons (Fsp3) is 0.0588. The number of hydrogen-bond donors (Lipinski definition) is 0. The highest BCUT2D eigenvalue weighted by atomic mass is 32.2. The summed E-state index contributed by atoms with van der Waals surface area (Å²) in [5.41, 5.74) is 14.4. The molecule has 2 aliphatic rings. The molecular formula is C51H32N2OS2. The molecule has 1 aliphatic heterocycles. The molecule has 0 amide bonds. The molecular weight excluding hydrogens is 721 g/mol. The summed E-state index contributed by atoms with van der Waals surface area (Å²) < 4.78 is 11.3. The van der Waals surface area contributed by atoms with Gasteiger partial charge in [-0.05, 0) is 89.0 Å². The number of furan rings is 1. The number of benzene rings is 8. The molecule has 3 nitrogen and oxygen atoms in total. The molecule has 0 spiro atoms. The Morgan fingerprint density at radius 1 is 0.446 bits per heavy atom. The first-order valence-electron chi connectivity index (χ1n) is 19.2. The van der Waals surface area contributed by atoms with E-state index >= 15 is 0 Å². The number of nitrogens with zero attached hydrogens (tertiary/aromatic N) is 2. The number of fused-ring (bicyclic) bond motifs is 16. The van der Waals surface area contributed by atoms with Gasteiger partial charge in [0.15, 0.2) is 0 Å². The Hall–Kier alpha value is -6.14. The predicted molar refractivity (Wildman–Crippen MR) is 235 cm³/mol. The Morgan fingerprint density at radius 3 is 2.02 bits per heavy atom. The van der Waals surface area contributed by atoms with E-state index in [4.69, 9.17) is 4.42 Å². The van der Waals surface area contributed by atoms with Gasteiger partial charge in [-0.2, -0.15) is 0 Å². The number of aromatic nitrogens is 2. The third-order valence-corrected chi connectivity index (χ3v) is 14.9. The first-order valence-corrected chi connectivity index (χ1v) is 20.8. The van der Waals surface area contributed by atoms with E-state index in [9.17, 15) is 0 Å². The summed E-state index contributed by atoms with van der Waals surface area (Å²) in [5.74, 6) is 0. The van der Waals surface area contributed by atoms with Crippen LogP contribution in [0.2, 0.25) is 0 Å². The second-order valence-corrected chi connectivity index (χ2v) is 17.8. The standard InChI is InChI=1S/C51H32N2OS2/c1-51(2)39-14-6-3-11-31(39)34-21-22-35-36-23-26-46-50(56-45-18-10-9-17-44(45)55-46)49(36)53(48(35)47(34)51)30-19-24-41-37(27-30)32-12-4-7-15-40(32)52(41)29-20-25-43-38(28-29)33-13-5-8-16-42(33)54-43/h3-28H,1-2H3. The lowest BCUT2D eigenvalue weighted by Gasteiger charge is -2.24. The van der Waals surface area contributed by atoms with Crippen LogP contribution in [0, 0.1) is 0 Å². The molecule has 0 N–H and O–H groups in total. The van der Waals surface area contributed by atoms with Crippen molar-refractivity contribution in [3.63, 3.8) is 0 Å². The van der Waals surface area contributed by atoms with Crippen LogP contribution in [0.3, 0.4) is 0 Å². The Balaban J connectivity index is 1.13. The first kappa shape index (κ1) is 31.1. The Kier molecular flexibility index (Phi) is 6.11. The number of para-hydroxylation sites is 2. The molecule has 264 valence electrons. The van der Waals surface area contributed by atoms with E-state index in [1.807, 2.05) is 35.7 Å². The zero-order chi connectivity index (χ0) is 36.9. The van der Waals surface area contributed by atoms with Crippen LogP contribution < -0.4 is 0 Å². The van der Waals surface area contributed by atoms with E-state index in [1.165, 1.54) is 91.1 Å². The van der Waals surface area contributed by atoms with Gasteiger partial charge in [0.2, 0.25) is 0 Å². The topological polar surface area (TPSA) is 23.0 Å². The van der Waals surface area contributed by atoms with Crippen molar-refractivity contribution in [3.8, 4) is 22.5 Å². The molecule has 0 atom stereocenters. The van der Waals surface area contributed by atoms with Gasteiger partial charge < -0.3 is 13.6 Å². The lowest BCUT2D eigenvalue weighted by Crippen LogP contribution is -2.16. The second kappa shape index (κ2) is 11.0. The van der Waals surface area contributed by atoms with Crippen LogP contribution in [0.1, 0.15) is 25.0 Å². The third kappa shape index (κ3) is 4.01. The molecule has 0 bridgehead atoms. The summed E-state index contributed by atoms with van der Waals surface area (Å²) in [6.45, 7) is 4.82. The van der Waals surface area contributed by atoms with Crippen LogP contribution >= 0.6 is 23.5 Å². The molecule has 4 heterocycles. The van der Waals surface area contributed by atoms with Crippen molar-refractivity contribution in [2.45, 2.75) is 38.8 Å². The summed E-state index contributed by atoms with van der Waals surface area (Å²) in [6.07, 6.45) is 0. The van der Waals surface area contributed by atoms with Crippen LogP contribution in [-0.2, 0) is 5.41 Å². The average Bonchev–Trinajstić information content (AvgIpc) is 3.95. The van der Waals surface area contributed by atoms with Crippen molar-refractivity contribution >= 4 is 89.1 Å². The Morgan fingerprint density at radius 2 is 1.11 bits per heavy atom. The molecule has 0 fully saturated rings. The van der Waals surface area contributed by atoms with Crippen molar-refractivity contribution in [3.05, 3.63) is 169 Å². The monoisotopic (exact) mass is 752 g/mol. The van der Waals surface area contributed by atoms with Crippen molar-refractivity contribution in [2.75, 3.05) is 0 Å². The summed E-state index contributed by atoms with van der Waals surface area (Å²) in [6, 6.07) is 58.2. The smallest absolute Gasteiger partial charge is 0.135 e. The van der Waals surface area contributed by atoms with Crippen LogP contribution in [0.4, 0.5) is 0 Å². The molecule has 1 aliphatic carbocycles. The van der Waals surface area contributed by atoms with Crippen molar-refractivity contribution < 1.29 is 4.42 Å². The minimum Gasteiger partial charge on any atom is -0.456 e. The van der Waals surface area contributed by atoms with E-state index in [0.717, 1.165) is 27.6 Å². The maximum atomic E-state index is 6.24. The minimum absolute atomic E-state index is 0.178. The summed E-state index contributed by atoms with van der Waals surface area (Å²) in [4.78, 5) is 5.27. The summed E-state index contributed by atoms with van der Waals surface area (Å²) in [7, 11) is 0. The zero-order valence-electron chi connectivity index (χ0n) is 30.6. The highest BCUT2D eigenvalue weighted by molar-refractivity contribution is 8.05. The van der Waals surface area contributed by atoms with Crippen LogP contribution in [0.5, 0.6) is 0 Å². The van der Waals surface area contributed by atoms with Gasteiger partial charge in [-0.3, -0.25) is 0 Å². The predicted octanol–water partition coefficient (Wildman–Crippen LogP) is 14.7. The van der Waals surface area contributed by atoms with E-state index in [0.29, 0.717) is 0 Å². The number of rotatable bonds is 2. The van der Waals surface area contributed by atoms with Crippen LogP contribution in [-0.4, -0.2) is 9.13 Å².